The first-order valence-corrected chi connectivity index (χ1v) is 7.91. The molecule has 3 aliphatic rings. The van der Waals surface area contributed by atoms with E-state index in [4.69, 9.17) is 5.73 Å². The Morgan fingerprint density at radius 3 is 2.32 bits per heavy atom. The molecule has 1 atom stereocenters. The van der Waals surface area contributed by atoms with E-state index < -0.39 is 0 Å². The molecular weight excluding hydrogens is 238 g/mol. The second kappa shape index (κ2) is 7.36. The molecule has 2 N–H and O–H groups in total. The monoisotopic (exact) mass is 266 g/mol. The van der Waals surface area contributed by atoms with Crippen molar-refractivity contribution in [3.8, 4) is 0 Å². The summed E-state index contributed by atoms with van der Waals surface area (Å²) in [6.45, 7) is 5.00. The largest absolute Gasteiger partial charge is 0.330 e. The van der Waals surface area contributed by atoms with Crippen LogP contribution in [0.15, 0.2) is 0 Å². The number of hydrogen-bond donors (Lipinski definition) is 1. The average molecular weight is 266 g/mol. The predicted octanol–water partition coefficient (Wildman–Crippen LogP) is 1.15. The van der Waals surface area contributed by atoms with Crippen LogP contribution in [0.25, 0.3) is 0 Å². The molecule has 3 fully saturated rings. The molecule has 108 valence electrons. The van der Waals surface area contributed by atoms with Gasteiger partial charge in [-0.1, -0.05) is 12.8 Å². The maximum absolute atomic E-state index is 11.7. The van der Waals surface area contributed by atoms with Crippen molar-refractivity contribution in [1.29, 1.82) is 0 Å². The van der Waals surface area contributed by atoms with Gasteiger partial charge in [0.1, 0.15) is 13.1 Å². The molecule has 0 aliphatic carbocycles. The number of Topliss-reactive ketones (excluding diaryl/α,β-unsaturated/α-hetero) is 1. The topological polar surface area (TPSA) is 63.1 Å². The summed E-state index contributed by atoms with van der Waals surface area (Å²) in [5.41, 5.74) is 5.34. The van der Waals surface area contributed by atoms with E-state index in [0.29, 0.717) is 18.7 Å². The van der Waals surface area contributed by atoms with E-state index in [1.165, 1.54) is 32.1 Å². The van der Waals surface area contributed by atoms with Crippen LogP contribution < -0.4 is 16.0 Å². The highest BCUT2D eigenvalue weighted by molar-refractivity contribution is 5.90. The summed E-state index contributed by atoms with van der Waals surface area (Å²) in [6.07, 6.45) is 9.39. The van der Waals surface area contributed by atoms with Crippen LogP contribution in [-0.2, 0) is 4.79 Å². The Labute approximate surface area is 117 Å². The summed E-state index contributed by atoms with van der Waals surface area (Å²) in [5.74, 6) is 0.383. The molecule has 1 unspecified atom stereocenters. The molecular formula is C15H28N3O+. The minimum Gasteiger partial charge on any atom is -0.330 e. The molecule has 4 heteroatoms. The standard InChI is InChI=1S/C9H16N2O.C6H12N/c10-5-2-8(12)9-3-1-6-11(9)7-4-9;1-2-4-6-7-5-3-1/h1-7,10H2;1-6H2/q+1;. The third kappa shape index (κ3) is 3.56. The first-order valence-electron chi connectivity index (χ1n) is 7.91. The number of nitrogens with zero attached hydrogens (tertiary/aromatic N) is 2. The lowest BCUT2D eigenvalue weighted by molar-refractivity contribution is -0.130. The van der Waals surface area contributed by atoms with Crippen molar-refractivity contribution in [1.82, 2.24) is 10.2 Å². The third-order valence-electron chi connectivity index (χ3n) is 4.69. The van der Waals surface area contributed by atoms with E-state index in [2.05, 4.69) is 10.2 Å². The van der Waals surface area contributed by atoms with Crippen molar-refractivity contribution in [3.05, 3.63) is 0 Å². The molecule has 3 rings (SSSR count). The number of hydrogen-bond acceptors (Lipinski definition) is 3. The Bertz CT molecular complexity index is 275. The van der Waals surface area contributed by atoms with E-state index in [1.54, 1.807) is 0 Å². The minimum atomic E-state index is -0.0423. The van der Waals surface area contributed by atoms with E-state index in [9.17, 15) is 4.79 Å². The molecule has 0 amide bonds. The highest BCUT2D eigenvalue weighted by Crippen LogP contribution is 2.39. The summed E-state index contributed by atoms with van der Waals surface area (Å²) in [5, 5.41) is 4.27. The summed E-state index contributed by atoms with van der Waals surface area (Å²) >= 11 is 0. The maximum Gasteiger partial charge on any atom is 0.206 e. The highest BCUT2D eigenvalue weighted by Gasteiger charge is 2.62. The van der Waals surface area contributed by atoms with Crippen LogP contribution in [0.4, 0.5) is 0 Å². The molecule has 0 aromatic heterocycles. The van der Waals surface area contributed by atoms with Crippen molar-refractivity contribution in [2.45, 2.75) is 56.9 Å². The number of fused-ring (bicyclic) bond motifs is 1. The fourth-order valence-electron chi connectivity index (χ4n) is 3.44. The third-order valence-corrected chi connectivity index (χ3v) is 4.69. The van der Waals surface area contributed by atoms with Crippen LogP contribution in [0.1, 0.15) is 51.4 Å². The van der Waals surface area contributed by atoms with Gasteiger partial charge < -0.3 is 5.73 Å². The van der Waals surface area contributed by atoms with Crippen molar-refractivity contribution in [3.63, 3.8) is 0 Å². The number of carbonyl (C=O) groups excluding carboxylic acids is 1. The molecule has 0 saturated carbocycles. The van der Waals surface area contributed by atoms with Crippen LogP contribution in [0, 0.1) is 0 Å². The molecule has 0 spiro atoms. The Morgan fingerprint density at radius 2 is 1.79 bits per heavy atom. The van der Waals surface area contributed by atoms with Crippen molar-refractivity contribution in [2.75, 3.05) is 32.7 Å². The van der Waals surface area contributed by atoms with Gasteiger partial charge in [0.15, 0.2) is 5.78 Å². The SMILES string of the molecule is C1CCC[N]CC1.NCCC(=O)C12CCC[N+]1CC2. The van der Waals surface area contributed by atoms with Crippen molar-refractivity contribution < 1.29 is 4.79 Å². The normalized spacial score (nSPS) is 30.6. The van der Waals surface area contributed by atoms with Gasteiger partial charge in [0.25, 0.3) is 0 Å². The summed E-state index contributed by atoms with van der Waals surface area (Å²) in [7, 11) is 0. The van der Waals surface area contributed by atoms with Crippen LogP contribution in [0.2, 0.25) is 0 Å². The van der Waals surface area contributed by atoms with Gasteiger partial charge >= 0.3 is 0 Å². The summed E-state index contributed by atoms with van der Waals surface area (Å²) in [4.78, 5) is 14.0. The number of rotatable bonds is 3. The second-order valence-corrected chi connectivity index (χ2v) is 5.92. The molecule has 3 aliphatic heterocycles. The van der Waals surface area contributed by atoms with Crippen molar-refractivity contribution in [2.24, 2.45) is 5.73 Å². The maximum atomic E-state index is 11.7. The lowest BCUT2D eigenvalue weighted by Gasteiger charge is -2.36. The van der Waals surface area contributed by atoms with Gasteiger partial charge in [0.05, 0.1) is 6.42 Å². The lowest BCUT2D eigenvalue weighted by Crippen LogP contribution is -2.64. The van der Waals surface area contributed by atoms with Gasteiger partial charge in [-0.25, -0.2) is 5.32 Å². The fraction of sp³-hybridized carbons (Fsp3) is 0.933. The van der Waals surface area contributed by atoms with Gasteiger partial charge in [-0.2, -0.15) is 4.90 Å². The van der Waals surface area contributed by atoms with E-state index in [0.717, 1.165) is 39.0 Å². The van der Waals surface area contributed by atoms with Crippen LogP contribution in [0.3, 0.4) is 0 Å². The molecule has 0 aromatic rings. The second-order valence-electron chi connectivity index (χ2n) is 5.92. The van der Waals surface area contributed by atoms with Gasteiger partial charge in [-0.3, -0.25) is 4.79 Å². The smallest absolute Gasteiger partial charge is 0.206 e. The Morgan fingerprint density at radius 1 is 1.05 bits per heavy atom. The molecule has 4 nitrogen and oxygen atoms in total. The van der Waals surface area contributed by atoms with E-state index in [1.807, 2.05) is 0 Å². The number of carbonyl (C=O) groups is 1. The quantitative estimate of drug-likeness (QED) is 0.779. The molecule has 0 bridgehead atoms. The number of ketones is 1. The first kappa shape index (κ1) is 14.9. The van der Waals surface area contributed by atoms with Gasteiger partial charge in [-0.05, 0) is 19.4 Å². The van der Waals surface area contributed by atoms with E-state index in [-0.39, 0.29) is 5.54 Å². The minimum absolute atomic E-state index is 0.0423. The highest BCUT2D eigenvalue weighted by atomic mass is 16.1. The van der Waals surface area contributed by atoms with Gasteiger partial charge in [-0.15, -0.1) is 0 Å². The van der Waals surface area contributed by atoms with Gasteiger partial charge in [0, 0.05) is 32.4 Å². The average Bonchev–Trinajstić information content (AvgIpc) is 2.64. The van der Waals surface area contributed by atoms with Crippen LogP contribution in [0.5, 0.6) is 0 Å². The van der Waals surface area contributed by atoms with E-state index >= 15 is 0 Å². The zero-order valence-corrected chi connectivity index (χ0v) is 12.1. The van der Waals surface area contributed by atoms with Crippen LogP contribution >= 0.6 is 0 Å². The van der Waals surface area contributed by atoms with Gasteiger partial charge in [0.2, 0.25) is 5.54 Å². The Balaban J connectivity index is 0.000000163. The Kier molecular flexibility index (Phi) is 5.79. The zero-order valence-electron chi connectivity index (χ0n) is 12.1. The summed E-state index contributed by atoms with van der Waals surface area (Å²) in [6, 6.07) is 0. The molecule has 19 heavy (non-hydrogen) atoms. The molecule has 3 saturated heterocycles. The van der Waals surface area contributed by atoms with Crippen LogP contribution in [-0.4, -0.2) is 44.0 Å². The Hall–Kier alpha value is -0.450. The fourth-order valence-corrected chi connectivity index (χ4v) is 3.44. The zero-order chi connectivity index (χ0) is 13.6. The lowest BCUT2D eigenvalue weighted by atomic mass is 9.80. The van der Waals surface area contributed by atoms with Crippen molar-refractivity contribution >= 4 is 5.78 Å². The summed E-state index contributed by atoms with van der Waals surface area (Å²) < 4.78 is 0. The molecule has 2 radical (unpaired) electrons. The first-order chi connectivity index (χ1) is 9.29. The molecule has 0 aromatic carbocycles. The number of nitrogens with two attached hydrogens (primary N) is 1. The molecule has 3 heterocycles. The predicted molar refractivity (Wildman–Crippen MR) is 77.5 cm³/mol.